The molecule has 0 aliphatic carbocycles. The second kappa shape index (κ2) is 5.43. The number of rotatable bonds is 4. The predicted molar refractivity (Wildman–Crippen MR) is 61.0 cm³/mol. The minimum atomic E-state index is 0.227. The number of hydrogen-bond acceptors (Lipinski definition) is 1. The zero-order chi connectivity index (χ0) is 10.5. The van der Waals surface area contributed by atoms with Crippen LogP contribution in [0, 0.1) is 5.92 Å². The Kier molecular flexibility index (Phi) is 5.31. The summed E-state index contributed by atoms with van der Waals surface area (Å²) in [6.45, 7) is 14.3. The van der Waals surface area contributed by atoms with Gasteiger partial charge in [0.2, 0.25) is 0 Å². The van der Waals surface area contributed by atoms with Gasteiger partial charge >= 0.3 is 0 Å². The summed E-state index contributed by atoms with van der Waals surface area (Å²) < 4.78 is 0. The van der Waals surface area contributed by atoms with Gasteiger partial charge in [0, 0.05) is 12.1 Å². The molecule has 1 heteroatoms. The first-order valence-corrected chi connectivity index (χ1v) is 5.27. The molecule has 0 aliphatic rings. The Hall–Kier alpha value is -0.300. The van der Waals surface area contributed by atoms with Crippen molar-refractivity contribution in [3.05, 3.63) is 11.6 Å². The summed E-state index contributed by atoms with van der Waals surface area (Å²) in [7, 11) is 0. The topological polar surface area (TPSA) is 12.0 Å². The molecule has 78 valence electrons. The van der Waals surface area contributed by atoms with Crippen molar-refractivity contribution in [2.24, 2.45) is 5.92 Å². The van der Waals surface area contributed by atoms with Crippen molar-refractivity contribution in [2.45, 2.75) is 53.5 Å². The lowest BCUT2D eigenvalue weighted by Gasteiger charge is -2.21. The van der Waals surface area contributed by atoms with Crippen LogP contribution in [0.3, 0.4) is 0 Å². The van der Waals surface area contributed by atoms with Gasteiger partial charge in [0.1, 0.15) is 0 Å². The van der Waals surface area contributed by atoms with Gasteiger partial charge in [-0.3, -0.25) is 0 Å². The van der Waals surface area contributed by atoms with E-state index in [1.54, 1.807) is 0 Å². The van der Waals surface area contributed by atoms with Gasteiger partial charge in [-0.15, -0.1) is 0 Å². The fraction of sp³-hybridized carbons (Fsp3) is 0.833. The van der Waals surface area contributed by atoms with Crippen molar-refractivity contribution < 1.29 is 0 Å². The highest BCUT2D eigenvalue weighted by Gasteiger charge is 2.07. The van der Waals surface area contributed by atoms with E-state index in [0.29, 0.717) is 5.92 Å². The molecule has 0 heterocycles. The molecule has 0 saturated carbocycles. The number of hydrogen-bond donors (Lipinski definition) is 1. The van der Waals surface area contributed by atoms with Crippen molar-refractivity contribution in [3.8, 4) is 0 Å². The van der Waals surface area contributed by atoms with Crippen molar-refractivity contribution in [1.29, 1.82) is 0 Å². The molecule has 0 aromatic heterocycles. The van der Waals surface area contributed by atoms with Crippen molar-refractivity contribution >= 4 is 0 Å². The Morgan fingerprint density at radius 1 is 1.38 bits per heavy atom. The molecule has 0 spiro atoms. The summed E-state index contributed by atoms with van der Waals surface area (Å²) in [5.74, 6) is 0.710. The maximum atomic E-state index is 3.48. The second-order valence-corrected chi connectivity index (χ2v) is 5.00. The molecule has 1 N–H and O–H groups in total. The van der Waals surface area contributed by atoms with Gasteiger partial charge in [-0.05, 0) is 33.6 Å². The molecule has 0 fully saturated rings. The van der Waals surface area contributed by atoms with E-state index < -0.39 is 0 Å². The summed E-state index contributed by atoms with van der Waals surface area (Å²) >= 11 is 0. The smallest absolute Gasteiger partial charge is 0.0166 e. The molecule has 0 aromatic rings. The quantitative estimate of drug-likeness (QED) is 0.659. The fourth-order valence-electron chi connectivity index (χ4n) is 1.07. The van der Waals surface area contributed by atoms with Gasteiger partial charge in [-0.2, -0.15) is 0 Å². The summed E-state index contributed by atoms with van der Waals surface area (Å²) in [4.78, 5) is 0. The average molecular weight is 183 g/mol. The van der Waals surface area contributed by atoms with E-state index in [9.17, 15) is 0 Å². The highest BCUT2D eigenvalue weighted by atomic mass is 14.9. The van der Waals surface area contributed by atoms with E-state index in [4.69, 9.17) is 0 Å². The van der Waals surface area contributed by atoms with E-state index in [1.807, 2.05) is 0 Å². The maximum absolute atomic E-state index is 3.48. The van der Waals surface area contributed by atoms with Crippen LogP contribution in [0.5, 0.6) is 0 Å². The minimum absolute atomic E-state index is 0.227. The Balaban J connectivity index is 3.87. The van der Waals surface area contributed by atoms with E-state index in [-0.39, 0.29) is 5.54 Å². The van der Waals surface area contributed by atoms with E-state index in [2.05, 4.69) is 52.9 Å². The highest BCUT2D eigenvalue weighted by molar-refractivity contribution is 5.03. The van der Waals surface area contributed by atoms with Crippen LogP contribution in [0.2, 0.25) is 0 Å². The molecule has 0 saturated heterocycles. The molecule has 0 aromatic carbocycles. The third kappa shape index (κ3) is 8.04. The predicted octanol–water partition coefficient (Wildman–Crippen LogP) is 3.37. The monoisotopic (exact) mass is 183 g/mol. The van der Waals surface area contributed by atoms with Crippen LogP contribution in [0.1, 0.15) is 48.0 Å². The molecule has 1 atom stereocenters. The molecular weight excluding hydrogens is 158 g/mol. The third-order valence-corrected chi connectivity index (χ3v) is 2.11. The van der Waals surface area contributed by atoms with Gasteiger partial charge in [0.15, 0.2) is 0 Å². The molecule has 0 amide bonds. The first-order valence-electron chi connectivity index (χ1n) is 5.27. The van der Waals surface area contributed by atoms with Crippen LogP contribution in [-0.2, 0) is 0 Å². The second-order valence-electron chi connectivity index (χ2n) is 5.00. The molecule has 13 heavy (non-hydrogen) atoms. The zero-order valence-electron chi connectivity index (χ0n) is 10.1. The molecule has 1 nitrogen and oxygen atoms in total. The SMILES string of the molecule is CCC(C)/C=C(/C)CNC(C)(C)C. The lowest BCUT2D eigenvalue weighted by Crippen LogP contribution is -2.36. The molecule has 0 rings (SSSR count). The summed E-state index contributed by atoms with van der Waals surface area (Å²) in [5, 5.41) is 3.48. The first kappa shape index (κ1) is 12.7. The largest absolute Gasteiger partial charge is 0.308 e. The fourth-order valence-corrected chi connectivity index (χ4v) is 1.07. The van der Waals surface area contributed by atoms with Crippen LogP contribution in [0.25, 0.3) is 0 Å². The molecule has 0 bridgehead atoms. The first-order chi connectivity index (χ1) is 5.85. The Bertz CT molecular complexity index is 162. The molecule has 0 radical (unpaired) electrons. The minimum Gasteiger partial charge on any atom is -0.308 e. The van der Waals surface area contributed by atoms with Gasteiger partial charge in [-0.1, -0.05) is 31.9 Å². The van der Waals surface area contributed by atoms with Gasteiger partial charge < -0.3 is 5.32 Å². The maximum Gasteiger partial charge on any atom is 0.0166 e. The summed E-state index contributed by atoms with van der Waals surface area (Å²) in [6.07, 6.45) is 3.59. The lowest BCUT2D eigenvalue weighted by atomic mass is 10.0. The van der Waals surface area contributed by atoms with Crippen LogP contribution in [0.4, 0.5) is 0 Å². The Labute approximate surface area is 83.6 Å². The highest BCUT2D eigenvalue weighted by Crippen LogP contribution is 2.07. The lowest BCUT2D eigenvalue weighted by molar-refractivity contribution is 0.443. The van der Waals surface area contributed by atoms with Gasteiger partial charge in [0.05, 0.1) is 0 Å². The van der Waals surface area contributed by atoms with Gasteiger partial charge in [0.25, 0.3) is 0 Å². The average Bonchev–Trinajstić information content (AvgIpc) is 1.99. The van der Waals surface area contributed by atoms with Crippen LogP contribution >= 0.6 is 0 Å². The summed E-state index contributed by atoms with van der Waals surface area (Å²) in [6, 6.07) is 0. The molecular formula is C12H25N. The summed E-state index contributed by atoms with van der Waals surface area (Å²) in [5.41, 5.74) is 1.68. The van der Waals surface area contributed by atoms with Crippen molar-refractivity contribution in [3.63, 3.8) is 0 Å². The molecule has 1 unspecified atom stereocenters. The zero-order valence-corrected chi connectivity index (χ0v) is 10.1. The normalized spacial score (nSPS) is 16.0. The van der Waals surface area contributed by atoms with Crippen LogP contribution in [-0.4, -0.2) is 12.1 Å². The number of allylic oxidation sites excluding steroid dienone is 1. The standard InChI is InChI=1S/C12H25N/c1-7-10(2)8-11(3)9-13-12(4,5)6/h8,10,13H,7,9H2,1-6H3/b11-8-. The van der Waals surface area contributed by atoms with E-state index in [1.165, 1.54) is 12.0 Å². The van der Waals surface area contributed by atoms with Gasteiger partial charge in [-0.25, -0.2) is 0 Å². The van der Waals surface area contributed by atoms with Crippen molar-refractivity contribution in [2.75, 3.05) is 6.54 Å². The Morgan fingerprint density at radius 3 is 2.31 bits per heavy atom. The van der Waals surface area contributed by atoms with Crippen molar-refractivity contribution in [1.82, 2.24) is 5.32 Å². The van der Waals surface area contributed by atoms with Crippen LogP contribution in [0.15, 0.2) is 11.6 Å². The Morgan fingerprint density at radius 2 is 1.92 bits per heavy atom. The molecule has 0 aliphatic heterocycles. The number of nitrogens with one attached hydrogen (secondary N) is 1. The van der Waals surface area contributed by atoms with Crippen LogP contribution < -0.4 is 5.32 Å². The van der Waals surface area contributed by atoms with E-state index in [0.717, 1.165) is 6.54 Å². The third-order valence-electron chi connectivity index (χ3n) is 2.11. The van der Waals surface area contributed by atoms with E-state index >= 15 is 0 Å².